The highest BCUT2D eigenvalue weighted by molar-refractivity contribution is 6.02. The summed E-state index contributed by atoms with van der Waals surface area (Å²) in [5.74, 6) is 1.45. The average Bonchev–Trinajstić information content (AvgIpc) is 2.61. The van der Waals surface area contributed by atoms with Gasteiger partial charge >= 0.3 is 0 Å². The van der Waals surface area contributed by atoms with Gasteiger partial charge in [0.25, 0.3) is 0 Å². The van der Waals surface area contributed by atoms with Gasteiger partial charge in [-0.2, -0.15) is 0 Å². The van der Waals surface area contributed by atoms with E-state index in [0.717, 1.165) is 22.6 Å². The number of aliphatic imine (C=N–C) groups is 1. The average molecular weight is 338 g/mol. The van der Waals surface area contributed by atoms with Gasteiger partial charge in [-0.15, -0.1) is 0 Å². The van der Waals surface area contributed by atoms with Gasteiger partial charge < -0.3 is 9.84 Å². The molecule has 0 bridgehead atoms. The predicted molar refractivity (Wildman–Crippen MR) is 101 cm³/mol. The van der Waals surface area contributed by atoms with Gasteiger partial charge in [0.15, 0.2) is 0 Å². The molecule has 2 N–H and O–H groups in total. The summed E-state index contributed by atoms with van der Waals surface area (Å²) in [5.41, 5.74) is 2.60. The lowest BCUT2D eigenvalue weighted by Crippen LogP contribution is -2.51. The van der Waals surface area contributed by atoms with E-state index in [4.69, 9.17) is 9.73 Å². The molecule has 3 rings (SSSR count). The molecular formula is C21H26N2O2. The van der Waals surface area contributed by atoms with Crippen LogP contribution in [0.3, 0.4) is 0 Å². The molecule has 0 amide bonds. The first-order valence-corrected chi connectivity index (χ1v) is 8.71. The van der Waals surface area contributed by atoms with Gasteiger partial charge in [0, 0.05) is 23.7 Å². The Morgan fingerprint density at radius 2 is 1.96 bits per heavy atom. The van der Waals surface area contributed by atoms with Crippen LogP contribution in [-0.2, 0) is 0 Å². The molecule has 2 atom stereocenters. The van der Waals surface area contributed by atoms with E-state index in [1.165, 1.54) is 0 Å². The van der Waals surface area contributed by atoms with Crippen molar-refractivity contribution in [3.63, 3.8) is 0 Å². The van der Waals surface area contributed by atoms with Crippen molar-refractivity contribution in [1.29, 1.82) is 0 Å². The van der Waals surface area contributed by atoms with Crippen molar-refractivity contribution in [2.45, 2.75) is 38.9 Å². The van der Waals surface area contributed by atoms with E-state index >= 15 is 0 Å². The van der Waals surface area contributed by atoms with Crippen LogP contribution in [-0.4, -0.2) is 23.6 Å². The summed E-state index contributed by atoms with van der Waals surface area (Å²) in [6.07, 6.45) is 0.715. The van der Waals surface area contributed by atoms with Gasteiger partial charge in [-0.25, -0.2) is 0 Å². The smallest absolute Gasteiger partial charge is 0.120 e. The fourth-order valence-electron chi connectivity index (χ4n) is 3.21. The molecule has 0 aromatic heterocycles. The van der Waals surface area contributed by atoms with Crippen molar-refractivity contribution in [3.8, 4) is 11.5 Å². The van der Waals surface area contributed by atoms with Gasteiger partial charge in [0.2, 0.25) is 0 Å². The molecule has 1 aliphatic heterocycles. The number of para-hydroxylation sites is 1. The molecule has 1 aliphatic rings. The number of benzene rings is 2. The maximum absolute atomic E-state index is 10.3. The molecule has 0 aliphatic carbocycles. The van der Waals surface area contributed by atoms with Crippen LogP contribution in [0.4, 0.5) is 0 Å². The highest BCUT2D eigenvalue weighted by Gasteiger charge is 2.36. The molecule has 0 radical (unpaired) electrons. The van der Waals surface area contributed by atoms with Crippen molar-refractivity contribution in [1.82, 2.24) is 5.32 Å². The van der Waals surface area contributed by atoms with E-state index < -0.39 is 5.66 Å². The summed E-state index contributed by atoms with van der Waals surface area (Å²) in [4.78, 5) is 5.03. The summed E-state index contributed by atoms with van der Waals surface area (Å²) >= 11 is 0. The standard InChI is InChI=1S/C21H26N2O2/c1-14(2)21(3)22-18(15-8-7-9-16(12-15)25-4)13-19(23-21)17-10-5-6-11-20(17)24/h5-12,14,19,23-24H,13H2,1-4H3/t19-,21-/m1/s1. The maximum Gasteiger partial charge on any atom is 0.120 e. The topological polar surface area (TPSA) is 53.8 Å². The lowest BCUT2D eigenvalue weighted by atomic mass is 9.88. The Morgan fingerprint density at radius 1 is 1.20 bits per heavy atom. The van der Waals surface area contributed by atoms with Crippen molar-refractivity contribution in [3.05, 3.63) is 59.7 Å². The van der Waals surface area contributed by atoms with Crippen LogP contribution in [0.15, 0.2) is 53.5 Å². The fourth-order valence-corrected chi connectivity index (χ4v) is 3.21. The van der Waals surface area contributed by atoms with E-state index in [-0.39, 0.29) is 6.04 Å². The molecular weight excluding hydrogens is 312 g/mol. The molecule has 0 fully saturated rings. The molecule has 132 valence electrons. The van der Waals surface area contributed by atoms with Crippen LogP contribution in [0.1, 0.15) is 44.4 Å². The molecule has 0 unspecified atom stereocenters. The first-order valence-electron chi connectivity index (χ1n) is 8.71. The number of phenols is 1. The first kappa shape index (κ1) is 17.5. The largest absolute Gasteiger partial charge is 0.508 e. The number of ether oxygens (including phenoxy) is 1. The molecule has 2 aromatic rings. The monoisotopic (exact) mass is 338 g/mol. The lowest BCUT2D eigenvalue weighted by Gasteiger charge is -2.40. The quantitative estimate of drug-likeness (QED) is 0.874. The van der Waals surface area contributed by atoms with E-state index in [1.54, 1.807) is 13.2 Å². The lowest BCUT2D eigenvalue weighted by molar-refractivity contribution is 0.229. The highest BCUT2D eigenvalue weighted by Crippen LogP contribution is 2.36. The number of nitrogens with one attached hydrogen (secondary N) is 1. The third-order valence-corrected chi connectivity index (χ3v) is 5.07. The number of methoxy groups -OCH3 is 1. The zero-order valence-corrected chi connectivity index (χ0v) is 15.3. The number of phenolic OH excluding ortho intramolecular Hbond substituents is 1. The van der Waals surface area contributed by atoms with Gasteiger partial charge in [-0.3, -0.25) is 10.3 Å². The third-order valence-electron chi connectivity index (χ3n) is 5.07. The summed E-state index contributed by atoms with van der Waals surface area (Å²) in [5, 5.41) is 13.9. The first-order chi connectivity index (χ1) is 11.9. The van der Waals surface area contributed by atoms with Crippen LogP contribution in [0.25, 0.3) is 0 Å². The summed E-state index contributed by atoms with van der Waals surface area (Å²) in [7, 11) is 1.67. The summed E-state index contributed by atoms with van der Waals surface area (Å²) in [6, 6.07) is 15.5. The van der Waals surface area contributed by atoms with Gasteiger partial charge in [0.1, 0.15) is 17.2 Å². The molecule has 0 saturated heterocycles. The summed E-state index contributed by atoms with van der Waals surface area (Å²) < 4.78 is 5.37. The number of hydrogen-bond donors (Lipinski definition) is 2. The van der Waals surface area contributed by atoms with Crippen LogP contribution < -0.4 is 10.1 Å². The van der Waals surface area contributed by atoms with Crippen molar-refractivity contribution in [2.75, 3.05) is 7.11 Å². The molecule has 2 aromatic carbocycles. The van der Waals surface area contributed by atoms with Gasteiger partial charge in [-0.05, 0) is 36.6 Å². The Balaban J connectivity index is 2.04. The van der Waals surface area contributed by atoms with Crippen molar-refractivity contribution >= 4 is 5.71 Å². The minimum absolute atomic E-state index is 0.00676. The second kappa shape index (κ2) is 6.89. The van der Waals surface area contributed by atoms with E-state index in [9.17, 15) is 5.11 Å². The van der Waals surface area contributed by atoms with Crippen molar-refractivity contribution in [2.24, 2.45) is 10.9 Å². The van der Waals surface area contributed by atoms with Crippen LogP contribution in [0, 0.1) is 5.92 Å². The van der Waals surface area contributed by atoms with E-state index in [2.05, 4.69) is 32.2 Å². The minimum Gasteiger partial charge on any atom is -0.508 e. The molecule has 0 saturated carbocycles. The van der Waals surface area contributed by atoms with E-state index in [0.29, 0.717) is 18.1 Å². The molecule has 4 nitrogen and oxygen atoms in total. The number of rotatable bonds is 4. The molecule has 4 heteroatoms. The second-order valence-corrected chi connectivity index (χ2v) is 7.05. The van der Waals surface area contributed by atoms with Crippen molar-refractivity contribution < 1.29 is 9.84 Å². The highest BCUT2D eigenvalue weighted by atomic mass is 16.5. The maximum atomic E-state index is 10.3. The van der Waals surface area contributed by atoms with Crippen LogP contribution >= 0.6 is 0 Å². The zero-order chi connectivity index (χ0) is 18.0. The predicted octanol–water partition coefficient (Wildman–Crippen LogP) is 4.30. The fraction of sp³-hybridized carbons (Fsp3) is 0.381. The van der Waals surface area contributed by atoms with Gasteiger partial charge in [0.05, 0.1) is 7.11 Å². The Labute approximate surface area is 149 Å². The molecule has 0 spiro atoms. The number of aromatic hydroxyl groups is 1. The Kier molecular flexibility index (Phi) is 4.82. The number of nitrogens with zero attached hydrogens (tertiary/aromatic N) is 1. The second-order valence-electron chi connectivity index (χ2n) is 7.05. The molecule has 25 heavy (non-hydrogen) atoms. The third kappa shape index (κ3) is 3.54. The Bertz CT molecular complexity index is 785. The minimum atomic E-state index is -0.399. The summed E-state index contributed by atoms with van der Waals surface area (Å²) in [6.45, 7) is 6.43. The molecule has 1 heterocycles. The Morgan fingerprint density at radius 3 is 2.64 bits per heavy atom. The SMILES string of the molecule is COc1cccc(C2=N[C@@](C)(C(C)C)N[C@@H](c3ccccc3O)C2)c1. The Hall–Kier alpha value is -2.33. The van der Waals surface area contributed by atoms with Crippen LogP contribution in [0.5, 0.6) is 11.5 Å². The van der Waals surface area contributed by atoms with Gasteiger partial charge in [-0.1, -0.05) is 44.2 Å². The number of hydrogen-bond acceptors (Lipinski definition) is 4. The normalized spacial score (nSPS) is 23.4. The van der Waals surface area contributed by atoms with E-state index in [1.807, 2.05) is 36.4 Å². The zero-order valence-electron chi connectivity index (χ0n) is 15.3. The van der Waals surface area contributed by atoms with Crippen LogP contribution in [0.2, 0.25) is 0 Å².